The molecule has 1 aromatic carbocycles. The van der Waals surface area contributed by atoms with Gasteiger partial charge in [-0.1, -0.05) is 0 Å². The third-order valence-corrected chi connectivity index (χ3v) is 3.48. The fourth-order valence-electron chi connectivity index (χ4n) is 2.48. The third kappa shape index (κ3) is 3.71. The van der Waals surface area contributed by atoms with Crippen LogP contribution < -0.4 is 5.32 Å². The molecule has 1 heterocycles. The number of hydrogen-bond acceptors (Lipinski definition) is 4. The molecule has 5 nitrogen and oxygen atoms in total. The van der Waals surface area contributed by atoms with Crippen LogP contribution in [0.3, 0.4) is 0 Å². The van der Waals surface area contributed by atoms with Gasteiger partial charge in [-0.2, -0.15) is 0 Å². The summed E-state index contributed by atoms with van der Waals surface area (Å²) in [7, 11) is 2.08. The van der Waals surface area contributed by atoms with Crippen molar-refractivity contribution in [3.05, 3.63) is 39.7 Å². The standard InChI is InChI=1S/C13H18FN3O2/c1-16-5-4-10(9-16)7-15-8-11-6-12(14)2-3-13(11)17(18)19/h2-3,6,10,15H,4-5,7-9H2,1H3. The average molecular weight is 267 g/mol. The van der Waals surface area contributed by atoms with E-state index < -0.39 is 10.7 Å². The van der Waals surface area contributed by atoms with Gasteiger partial charge in [0.1, 0.15) is 5.82 Å². The fraction of sp³-hybridized carbons (Fsp3) is 0.538. The van der Waals surface area contributed by atoms with Gasteiger partial charge >= 0.3 is 0 Å². The van der Waals surface area contributed by atoms with Crippen molar-refractivity contribution >= 4 is 5.69 Å². The summed E-state index contributed by atoms with van der Waals surface area (Å²) in [6, 6.07) is 3.56. The van der Waals surface area contributed by atoms with Crippen molar-refractivity contribution in [2.24, 2.45) is 5.92 Å². The number of benzene rings is 1. The second-order valence-electron chi connectivity index (χ2n) is 5.08. The van der Waals surface area contributed by atoms with E-state index in [0.29, 0.717) is 18.0 Å². The molecule has 2 rings (SSSR count). The summed E-state index contributed by atoms with van der Waals surface area (Å²) < 4.78 is 13.1. The van der Waals surface area contributed by atoms with E-state index in [1.54, 1.807) is 0 Å². The van der Waals surface area contributed by atoms with Crippen LogP contribution in [0.25, 0.3) is 0 Å². The number of halogens is 1. The number of nitrogens with zero attached hydrogens (tertiary/aromatic N) is 2. The highest BCUT2D eigenvalue weighted by molar-refractivity contribution is 5.40. The van der Waals surface area contributed by atoms with Gasteiger partial charge in [-0.05, 0) is 44.6 Å². The van der Waals surface area contributed by atoms with Gasteiger partial charge in [-0.15, -0.1) is 0 Å². The average Bonchev–Trinajstić information content (AvgIpc) is 2.75. The van der Waals surface area contributed by atoms with Gasteiger partial charge in [0, 0.05) is 24.7 Å². The molecule has 0 aliphatic carbocycles. The summed E-state index contributed by atoms with van der Waals surface area (Å²) in [6.45, 7) is 3.26. The number of hydrogen-bond donors (Lipinski definition) is 1. The lowest BCUT2D eigenvalue weighted by Crippen LogP contribution is -2.25. The number of nitro groups is 1. The molecule has 1 unspecified atom stereocenters. The van der Waals surface area contributed by atoms with E-state index in [0.717, 1.165) is 32.1 Å². The lowest BCUT2D eigenvalue weighted by atomic mass is 10.1. The van der Waals surface area contributed by atoms with E-state index in [2.05, 4.69) is 17.3 Å². The Hall–Kier alpha value is -1.53. The Morgan fingerprint density at radius 1 is 1.58 bits per heavy atom. The first kappa shape index (κ1) is 13.9. The number of nitrogens with one attached hydrogen (secondary N) is 1. The Labute approximate surface area is 111 Å². The van der Waals surface area contributed by atoms with E-state index in [1.165, 1.54) is 12.1 Å². The quantitative estimate of drug-likeness (QED) is 0.652. The zero-order chi connectivity index (χ0) is 13.8. The molecular formula is C13H18FN3O2. The minimum Gasteiger partial charge on any atom is -0.312 e. The Kier molecular flexibility index (Phi) is 4.44. The van der Waals surface area contributed by atoms with Gasteiger partial charge in [0.05, 0.1) is 4.92 Å². The van der Waals surface area contributed by atoms with Crippen LogP contribution in [0.2, 0.25) is 0 Å². The molecule has 0 amide bonds. The molecule has 19 heavy (non-hydrogen) atoms. The highest BCUT2D eigenvalue weighted by atomic mass is 19.1. The zero-order valence-corrected chi connectivity index (χ0v) is 10.9. The lowest BCUT2D eigenvalue weighted by molar-refractivity contribution is -0.385. The molecule has 1 aromatic rings. The first-order valence-electron chi connectivity index (χ1n) is 6.38. The van der Waals surface area contributed by atoms with Crippen molar-refractivity contribution in [3.8, 4) is 0 Å². The molecule has 0 bridgehead atoms. The molecule has 1 fully saturated rings. The number of likely N-dealkylation sites (tertiary alicyclic amines) is 1. The highest BCUT2D eigenvalue weighted by Crippen LogP contribution is 2.19. The van der Waals surface area contributed by atoms with Crippen LogP contribution >= 0.6 is 0 Å². The normalized spacial score (nSPS) is 19.8. The summed E-state index contributed by atoms with van der Waals surface area (Å²) in [5.74, 6) is 0.126. The highest BCUT2D eigenvalue weighted by Gasteiger charge is 2.19. The molecule has 0 saturated carbocycles. The molecule has 6 heteroatoms. The van der Waals surface area contributed by atoms with E-state index in [4.69, 9.17) is 0 Å². The molecule has 1 aliphatic heterocycles. The topological polar surface area (TPSA) is 58.4 Å². The minimum absolute atomic E-state index is 0.0301. The summed E-state index contributed by atoms with van der Waals surface area (Å²) >= 11 is 0. The second-order valence-corrected chi connectivity index (χ2v) is 5.08. The Balaban J connectivity index is 1.91. The summed E-state index contributed by atoms with van der Waals surface area (Å²) in [6.07, 6.45) is 1.13. The molecule has 0 radical (unpaired) electrons. The van der Waals surface area contributed by atoms with Crippen LogP contribution in [0.1, 0.15) is 12.0 Å². The predicted octanol–water partition coefficient (Wildman–Crippen LogP) is 1.78. The van der Waals surface area contributed by atoms with Crippen LogP contribution in [0, 0.1) is 21.8 Å². The Morgan fingerprint density at radius 2 is 2.37 bits per heavy atom. The molecule has 1 saturated heterocycles. The maximum atomic E-state index is 13.1. The van der Waals surface area contributed by atoms with Gasteiger partial charge in [0.15, 0.2) is 0 Å². The SMILES string of the molecule is CN1CCC(CNCc2cc(F)ccc2[N+](=O)[O-])C1. The maximum absolute atomic E-state index is 13.1. The van der Waals surface area contributed by atoms with Crippen LogP contribution in [0.15, 0.2) is 18.2 Å². The molecular weight excluding hydrogens is 249 g/mol. The second kappa shape index (κ2) is 6.08. The summed E-state index contributed by atoms with van der Waals surface area (Å²) in [5.41, 5.74) is 0.369. The van der Waals surface area contributed by atoms with Crippen LogP contribution in [0.5, 0.6) is 0 Å². The van der Waals surface area contributed by atoms with E-state index in [-0.39, 0.29) is 5.69 Å². The van der Waals surface area contributed by atoms with E-state index in [9.17, 15) is 14.5 Å². The molecule has 0 aromatic heterocycles. The largest absolute Gasteiger partial charge is 0.312 e. The van der Waals surface area contributed by atoms with Crippen LogP contribution in [-0.2, 0) is 6.54 Å². The summed E-state index contributed by atoms with van der Waals surface area (Å²) in [4.78, 5) is 12.6. The van der Waals surface area contributed by atoms with Crippen molar-refractivity contribution in [3.63, 3.8) is 0 Å². The van der Waals surface area contributed by atoms with Gasteiger partial charge in [0.2, 0.25) is 0 Å². The molecule has 1 aliphatic rings. The smallest absolute Gasteiger partial charge is 0.274 e. The van der Waals surface area contributed by atoms with Gasteiger partial charge < -0.3 is 10.2 Å². The van der Waals surface area contributed by atoms with E-state index in [1.807, 2.05) is 0 Å². The predicted molar refractivity (Wildman–Crippen MR) is 70.4 cm³/mol. The maximum Gasteiger partial charge on any atom is 0.274 e. The van der Waals surface area contributed by atoms with Gasteiger partial charge in [-0.25, -0.2) is 4.39 Å². The third-order valence-electron chi connectivity index (χ3n) is 3.48. The van der Waals surface area contributed by atoms with Crippen LogP contribution in [0.4, 0.5) is 10.1 Å². The monoisotopic (exact) mass is 267 g/mol. The van der Waals surface area contributed by atoms with Crippen LogP contribution in [-0.4, -0.2) is 36.5 Å². The zero-order valence-electron chi connectivity index (χ0n) is 10.9. The van der Waals surface area contributed by atoms with Crippen molar-refractivity contribution in [1.29, 1.82) is 0 Å². The van der Waals surface area contributed by atoms with Crippen molar-refractivity contribution < 1.29 is 9.31 Å². The molecule has 1 atom stereocenters. The Bertz CT molecular complexity index is 467. The number of rotatable bonds is 5. The minimum atomic E-state index is -0.472. The molecule has 0 spiro atoms. The Morgan fingerprint density at radius 3 is 3.00 bits per heavy atom. The van der Waals surface area contributed by atoms with Gasteiger partial charge in [-0.3, -0.25) is 10.1 Å². The molecule has 1 N–H and O–H groups in total. The lowest BCUT2D eigenvalue weighted by Gasteiger charge is -2.11. The molecule has 104 valence electrons. The van der Waals surface area contributed by atoms with Crippen molar-refractivity contribution in [1.82, 2.24) is 10.2 Å². The van der Waals surface area contributed by atoms with Gasteiger partial charge in [0.25, 0.3) is 5.69 Å². The first-order chi connectivity index (χ1) is 9.06. The number of nitro benzene ring substituents is 1. The first-order valence-corrected chi connectivity index (χ1v) is 6.38. The summed E-state index contributed by atoms with van der Waals surface area (Å²) in [5, 5.41) is 14.0. The van der Waals surface area contributed by atoms with Crippen molar-refractivity contribution in [2.75, 3.05) is 26.7 Å². The van der Waals surface area contributed by atoms with E-state index >= 15 is 0 Å². The fourth-order valence-corrected chi connectivity index (χ4v) is 2.48. The van der Waals surface area contributed by atoms with Crippen molar-refractivity contribution in [2.45, 2.75) is 13.0 Å².